The van der Waals surface area contributed by atoms with Crippen LogP contribution in [0.1, 0.15) is 24.8 Å². The summed E-state index contributed by atoms with van der Waals surface area (Å²) in [4.78, 5) is 30.7. The van der Waals surface area contributed by atoms with Crippen LogP contribution in [0.2, 0.25) is 5.02 Å². The minimum atomic E-state index is -4.55. The van der Waals surface area contributed by atoms with Gasteiger partial charge in [-0.2, -0.15) is 13.2 Å². The smallest absolute Gasteiger partial charge is 0.417 e. The molecular formula is C15H15ClF3N3O3. The lowest BCUT2D eigenvalue weighted by molar-refractivity contribution is -0.138. The molecule has 0 N–H and O–H groups in total. The Morgan fingerprint density at radius 1 is 1.32 bits per heavy atom. The molecule has 0 bridgehead atoms. The number of carbonyl (C=O) groups excluding carboxylic acids is 2. The van der Waals surface area contributed by atoms with Crippen LogP contribution in [0.4, 0.5) is 18.0 Å². The molecule has 0 spiro atoms. The second-order valence-corrected chi connectivity index (χ2v) is 6.24. The van der Waals surface area contributed by atoms with Crippen LogP contribution < -0.4 is 4.74 Å². The first-order valence-electron chi connectivity index (χ1n) is 7.76. The summed E-state index contributed by atoms with van der Waals surface area (Å²) in [6, 6.07) is -0.0464. The first-order chi connectivity index (χ1) is 11.8. The number of amides is 3. The number of fused-ring (bicyclic) bond motifs is 1. The summed E-state index contributed by atoms with van der Waals surface area (Å²) in [5.41, 5.74) is -0.980. The molecule has 3 rings (SSSR count). The molecule has 2 aliphatic heterocycles. The normalized spacial score (nSPS) is 20.9. The van der Waals surface area contributed by atoms with Gasteiger partial charge in [0, 0.05) is 12.7 Å². The first-order valence-corrected chi connectivity index (χ1v) is 8.14. The second-order valence-electron chi connectivity index (χ2n) is 5.83. The molecule has 0 aromatic carbocycles. The molecule has 0 radical (unpaired) electrons. The number of rotatable bonds is 4. The van der Waals surface area contributed by atoms with E-state index in [1.54, 1.807) is 4.90 Å². The van der Waals surface area contributed by atoms with Crippen molar-refractivity contribution in [1.29, 1.82) is 0 Å². The Morgan fingerprint density at radius 3 is 2.72 bits per heavy atom. The molecule has 3 heterocycles. The number of hydrogen-bond acceptors (Lipinski definition) is 4. The number of urea groups is 1. The fourth-order valence-electron chi connectivity index (χ4n) is 2.97. The second kappa shape index (κ2) is 6.70. The third kappa shape index (κ3) is 3.51. The number of piperidine rings is 1. The van der Waals surface area contributed by atoms with Crippen molar-refractivity contribution in [2.45, 2.75) is 31.5 Å². The van der Waals surface area contributed by atoms with E-state index < -0.39 is 17.8 Å². The van der Waals surface area contributed by atoms with Gasteiger partial charge in [-0.1, -0.05) is 11.6 Å². The molecule has 25 heavy (non-hydrogen) atoms. The lowest BCUT2D eigenvalue weighted by atomic mass is 10.0. The molecular weight excluding hydrogens is 363 g/mol. The van der Waals surface area contributed by atoms with Crippen LogP contribution in [-0.2, 0) is 11.0 Å². The lowest BCUT2D eigenvalue weighted by Gasteiger charge is -2.26. The Balaban J connectivity index is 1.60. The van der Waals surface area contributed by atoms with Crippen molar-refractivity contribution in [2.24, 2.45) is 0 Å². The van der Waals surface area contributed by atoms with Crippen LogP contribution in [0.3, 0.4) is 0 Å². The van der Waals surface area contributed by atoms with Crippen molar-refractivity contribution in [2.75, 3.05) is 19.7 Å². The summed E-state index contributed by atoms with van der Waals surface area (Å²) in [5.74, 6) is -0.439. The highest BCUT2D eigenvalue weighted by Gasteiger charge is 2.45. The third-order valence-electron chi connectivity index (χ3n) is 4.22. The van der Waals surface area contributed by atoms with Gasteiger partial charge < -0.3 is 9.64 Å². The van der Waals surface area contributed by atoms with Gasteiger partial charge in [-0.3, -0.25) is 9.69 Å². The van der Waals surface area contributed by atoms with Crippen LogP contribution in [0, 0.1) is 0 Å². The standard InChI is InChI=1S/C15H15ClF3N3O3/c16-10-7-9(15(17,18)19)8-20-12(10)25-6-5-22-13(23)11-3-1-2-4-21(11)14(22)24/h7-8,11H,1-6H2. The zero-order chi connectivity index (χ0) is 18.2. The fourth-order valence-corrected chi connectivity index (χ4v) is 3.19. The Hall–Kier alpha value is -2.03. The third-order valence-corrected chi connectivity index (χ3v) is 4.49. The number of carbonyl (C=O) groups is 2. The molecule has 1 aromatic heterocycles. The summed E-state index contributed by atoms with van der Waals surface area (Å²) < 4.78 is 42.9. The maximum Gasteiger partial charge on any atom is 0.417 e. The van der Waals surface area contributed by atoms with E-state index in [0.717, 1.165) is 23.8 Å². The van der Waals surface area contributed by atoms with Crippen molar-refractivity contribution >= 4 is 23.5 Å². The van der Waals surface area contributed by atoms with E-state index in [1.807, 2.05) is 0 Å². The van der Waals surface area contributed by atoms with Crippen molar-refractivity contribution in [3.63, 3.8) is 0 Å². The van der Waals surface area contributed by atoms with Crippen LogP contribution in [0.25, 0.3) is 0 Å². The Kier molecular flexibility index (Phi) is 4.77. The highest BCUT2D eigenvalue weighted by molar-refractivity contribution is 6.31. The Bertz CT molecular complexity index is 674. The number of imide groups is 1. The SMILES string of the molecule is O=C1C2CCCCN2C(=O)N1CCOc1ncc(C(F)(F)F)cc1Cl. The van der Waals surface area contributed by atoms with Crippen LogP contribution in [-0.4, -0.2) is 52.5 Å². The van der Waals surface area contributed by atoms with Gasteiger partial charge in [-0.25, -0.2) is 9.78 Å². The minimum absolute atomic E-state index is 0.0102. The molecule has 1 unspecified atom stereocenters. The largest absolute Gasteiger partial charge is 0.475 e. The van der Waals surface area contributed by atoms with Gasteiger partial charge >= 0.3 is 12.2 Å². The fraction of sp³-hybridized carbons (Fsp3) is 0.533. The van der Waals surface area contributed by atoms with E-state index in [4.69, 9.17) is 16.3 Å². The molecule has 10 heteroatoms. The number of aromatic nitrogens is 1. The van der Waals surface area contributed by atoms with Crippen LogP contribution in [0.5, 0.6) is 5.88 Å². The predicted molar refractivity (Wildman–Crippen MR) is 81.2 cm³/mol. The molecule has 2 saturated heterocycles. The van der Waals surface area contributed by atoms with E-state index >= 15 is 0 Å². The molecule has 0 saturated carbocycles. The molecule has 1 atom stereocenters. The van der Waals surface area contributed by atoms with Gasteiger partial charge in [0.15, 0.2) is 0 Å². The number of ether oxygens (including phenoxy) is 1. The van der Waals surface area contributed by atoms with E-state index in [9.17, 15) is 22.8 Å². The van der Waals surface area contributed by atoms with E-state index in [1.165, 1.54) is 0 Å². The minimum Gasteiger partial charge on any atom is -0.475 e. The molecule has 6 nitrogen and oxygen atoms in total. The number of halogens is 4. The molecule has 2 aliphatic rings. The van der Waals surface area contributed by atoms with Gasteiger partial charge in [-0.15, -0.1) is 0 Å². The predicted octanol–water partition coefficient (Wildman–Crippen LogP) is 2.95. The highest BCUT2D eigenvalue weighted by Crippen LogP contribution is 2.33. The Morgan fingerprint density at radius 2 is 2.08 bits per heavy atom. The maximum absolute atomic E-state index is 12.6. The summed E-state index contributed by atoms with van der Waals surface area (Å²) in [5, 5.41) is -0.286. The van der Waals surface area contributed by atoms with Crippen LogP contribution >= 0.6 is 11.6 Å². The molecule has 3 amide bonds. The zero-order valence-electron chi connectivity index (χ0n) is 13.1. The van der Waals surface area contributed by atoms with Gasteiger partial charge in [-0.05, 0) is 25.3 Å². The number of nitrogens with zero attached hydrogens (tertiary/aromatic N) is 3. The number of alkyl halides is 3. The topological polar surface area (TPSA) is 62.7 Å². The quantitative estimate of drug-likeness (QED) is 0.757. The summed E-state index contributed by atoms with van der Waals surface area (Å²) in [7, 11) is 0. The molecule has 1 aromatic rings. The average Bonchev–Trinajstić information content (AvgIpc) is 2.80. The number of hydrogen-bond donors (Lipinski definition) is 0. The van der Waals surface area contributed by atoms with Gasteiger partial charge in [0.05, 0.1) is 12.1 Å². The number of pyridine rings is 1. The van der Waals surface area contributed by atoms with E-state index in [2.05, 4.69) is 4.98 Å². The van der Waals surface area contributed by atoms with Crippen molar-refractivity contribution in [3.8, 4) is 5.88 Å². The zero-order valence-corrected chi connectivity index (χ0v) is 13.8. The highest BCUT2D eigenvalue weighted by atomic mass is 35.5. The van der Waals surface area contributed by atoms with Crippen molar-refractivity contribution in [3.05, 3.63) is 22.8 Å². The average molecular weight is 378 g/mol. The molecule has 0 aliphatic carbocycles. The first kappa shape index (κ1) is 17.8. The van der Waals surface area contributed by atoms with Crippen LogP contribution in [0.15, 0.2) is 12.3 Å². The van der Waals surface area contributed by atoms with Crippen molar-refractivity contribution in [1.82, 2.24) is 14.8 Å². The van der Waals surface area contributed by atoms with Gasteiger partial charge in [0.1, 0.15) is 17.7 Å². The van der Waals surface area contributed by atoms with E-state index in [0.29, 0.717) is 19.2 Å². The maximum atomic E-state index is 12.6. The summed E-state index contributed by atoms with van der Waals surface area (Å²) in [6.07, 6.45) is -1.52. The Labute approximate surface area is 146 Å². The van der Waals surface area contributed by atoms with E-state index in [-0.39, 0.29) is 36.0 Å². The molecule has 2 fully saturated rings. The van der Waals surface area contributed by atoms with Crippen molar-refractivity contribution < 1.29 is 27.5 Å². The molecule has 136 valence electrons. The van der Waals surface area contributed by atoms with Gasteiger partial charge in [0.2, 0.25) is 5.88 Å². The monoisotopic (exact) mass is 377 g/mol. The van der Waals surface area contributed by atoms with Gasteiger partial charge in [0.25, 0.3) is 5.91 Å². The summed E-state index contributed by atoms with van der Waals surface area (Å²) in [6.45, 7) is 0.443. The summed E-state index contributed by atoms with van der Waals surface area (Å²) >= 11 is 5.74. The lowest BCUT2D eigenvalue weighted by Crippen LogP contribution is -2.39.